The number of halogens is 2. The fourth-order valence-electron chi connectivity index (χ4n) is 0.749. The third kappa shape index (κ3) is 2.69. The molecule has 0 atom stereocenters. The molecule has 1 aromatic rings. The summed E-state index contributed by atoms with van der Waals surface area (Å²) in [6.07, 6.45) is 0.526. The molecule has 0 bridgehead atoms. The minimum Gasteiger partial charge on any atom is -0.397 e. The molecule has 1 heterocycles. The van der Waals surface area contributed by atoms with Crippen LogP contribution in [0.25, 0.3) is 0 Å². The zero-order chi connectivity index (χ0) is 8.97. The first kappa shape index (κ1) is 8.70. The van der Waals surface area contributed by atoms with E-state index in [1.807, 2.05) is 0 Å². The summed E-state index contributed by atoms with van der Waals surface area (Å²) in [6.45, 7) is -0.384. The molecule has 66 valence electrons. The standard InChI is InChI=1S/C7H9F2N3/c8-7(9)4-12-6-1-5(10)2-11-3-6/h1-3,7,12H,4,10H2. The molecule has 5 heteroatoms. The van der Waals surface area contributed by atoms with Crippen molar-refractivity contribution in [2.24, 2.45) is 0 Å². The monoisotopic (exact) mass is 173 g/mol. The molecule has 12 heavy (non-hydrogen) atoms. The van der Waals surface area contributed by atoms with E-state index in [9.17, 15) is 8.78 Å². The van der Waals surface area contributed by atoms with Gasteiger partial charge in [0.05, 0.1) is 24.1 Å². The van der Waals surface area contributed by atoms with Crippen molar-refractivity contribution in [1.82, 2.24) is 4.98 Å². The Bertz CT molecular complexity index is 252. The average molecular weight is 173 g/mol. The van der Waals surface area contributed by atoms with Gasteiger partial charge in [0.15, 0.2) is 0 Å². The fraction of sp³-hybridized carbons (Fsp3) is 0.286. The molecule has 0 saturated carbocycles. The van der Waals surface area contributed by atoms with E-state index in [-0.39, 0.29) is 6.54 Å². The second-order valence-corrected chi connectivity index (χ2v) is 2.28. The summed E-state index contributed by atoms with van der Waals surface area (Å²) in [4.78, 5) is 3.73. The number of nitrogens with one attached hydrogen (secondary N) is 1. The number of hydrogen-bond acceptors (Lipinski definition) is 3. The predicted octanol–water partition coefficient (Wildman–Crippen LogP) is 1.34. The largest absolute Gasteiger partial charge is 0.397 e. The minimum absolute atomic E-state index is 0.384. The van der Waals surface area contributed by atoms with Gasteiger partial charge in [-0.25, -0.2) is 8.78 Å². The van der Waals surface area contributed by atoms with Crippen molar-refractivity contribution in [3.63, 3.8) is 0 Å². The molecule has 0 amide bonds. The van der Waals surface area contributed by atoms with Gasteiger partial charge < -0.3 is 11.1 Å². The second-order valence-electron chi connectivity index (χ2n) is 2.28. The van der Waals surface area contributed by atoms with Crippen molar-refractivity contribution >= 4 is 11.4 Å². The Hall–Kier alpha value is -1.39. The molecule has 3 nitrogen and oxygen atoms in total. The maximum atomic E-state index is 11.7. The summed E-state index contributed by atoms with van der Waals surface area (Å²) in [5, 5.41) is 2.49. The molecule has 3 N–H and O–H groups in total. The SMILES string of the molecule is Nc1cncc(NCC(F)F)c1. The first-order valence-electron chi connectivity index (χ1n) is 3.41. The average Bonchev–Trinajstić information content (AvgIpc) is 2.01. The normalized spacial score (nSPS) is 10.2. The van der Waals surface area contributed by atoms with E-state index in [2.05, 4.69) is 10.3 Å². The van der Waals surface area contributed by atoms with Crippen molar-refractivity contribution < 1.29 is 8.78 Å². The highest BCUT2D eigenvalue weighted by atomic mass is 19.3. The van der Waals surface area contributed by atoms with E-state index < -0.39 is 6.43 Å². The van der Waals surface area contributed by atoms with Gasteiger partial charge >= 0.3 is 0 Å². The summed E-state index contributed by atoms with van der Waals surface area (Å²) in [7, 11) is 0. The smallest absolute Gasteiger partial charge is 0.255 e. The Morgan fingerprint density at radius 1 is 1.50 bits per heavy atom. The number of anilines is 2. The number of alkyl halides is 2. The van der Waals surface area contributed by atoms with Crippen LogP contribution < -0.4 is 11.1 Å². The molecule has 0 saturated heterocycles. The number of hydrogen-bond donors (Lipinski definition) is 2. The van der Waals surface area contributed by atoms with Gasteiger partial charge in [0.2, 0.25) is 0 Å². The zero-order valence-electron chi connectivity index (χ0n) is 6.30. The lowest BCUT2D eigenvalue weighted by Gasteiger charge is -2.04. The van der Waals surface area contributed by atoms with Crippen LogP contribution in [0.4, 0.5) is 20.2 Å². The summed E-state index contributed by atoms with van der Waals surface area (Å²) in [5.74, 6) is 0. The van der Waals surface area contributed by atoms with Gasteiger partial charge in [0, 0.05) is 6.20 Å². The molecule has 0 aromatic carbocycles. The van der Waals surface area contributed by atoms with Gasteiger partial charge in [-0.3, -0.25) is 4.98 Å². The van der Waals surface area contributed by atoms with Crippen LogP contribution in [0.2, 0.25) is 0 Å². The van der Waals surface area contributed by atoms with Crippen molar-refractivity contribution in [3.8, 4) is 0 Å². The van der Waals surface area contributed by atoms with Gasteiger partial charge in [0.25, 0.3) is 6.43 Å². The molecule has 0 unspecified atom stereocenters. The first-order chi connectivity index (χ1) is 5.68. The highest BCUT2D eigenvalue weighted by molar-refractivity contribution is 5.51. The number of nitrogens with two attached hydrogens (primary N) is 1. The maximum Gasteiger partial charge on any atom is 0.255 e. The van der Waals surface area contributed by atoms with E-state index in [0.29, 0.717) is 11.4 Å². The van der Waals surface area contributed by atoms with Crippen LogP contribution in [0.3, 0.4) is 0 Å². The number of pyridine rings is 1. The Balaban J connectivity index is 2.52. The number of rotatable bonds is 3. The molecule has 0 fully saturated rings. The van der Waals surface area contributed by atoms with Crippen molar-refractivity contribution in [2.45, 2.75) is 6.43 Å². The van der Waals surface area contributed by atoms with E-state index in [4.69, 9.17) is 5.73 Å². The van der Waals surface area contributed by atoms with Gasteiger partial charge in [-0.05, 0) is 6.07 Å². The minimum atomic E-state index is -2.37. The van der Waals surface area contributed by atoms with Crippen LogP contribution in [-0.2, 0) is 0 Å². The summed E-state index contributed by atoms with van der Waals surface area (Å²) >= 11 is 0. The molecule has 0 aliphatic carbocycles. The summed E-state index contributed by atoms with van der Waals surface area (Å²) < 4.78 is 23.4. The van der Waals surface area contributed by atoms with Gasteiger partial charge in [-0.15, -0.1) is 0 Å². The maximum absolute atomic E-state index is 11.7. The highest BCUT2D eigenvalue weighted by Crippen LogP contribution is 2.09. The Labute approximate surface area is 68.6 Å². The summed E-state index contributed by atoms with van der Waals surface area (Å²) in [6, 6.07) is 1.55. The number of nitrogen functional groups attached to an aromatic ring is 1. The molecule has 0 spiro atoms. The Morgan fingerprint density at radius 2 is 2.25 bits per heavy atom. The van der Waals surface area contributed by atoms with Crippen LogP contribution in [0.15, 0.2) is 18.5 Å². The molecule has 0 aliphatic heterocycles. The lowest BCUT2D eigenvalue weighted by Crippen LogP contribution is -2.10. The molecule has 1 rings (SSSR count). The first-order valence-corrected chi connectivity index (χ1v) is 3.41. The topological polar surface area (TPSA) is 50.9 Å². The van der Waals surface area contributed by atoms with Crippen LogP contribution in [0.5, 0.6) is 0 Å². The predicted molar refractivity (Wildman–Crippen MR) is 43.1 cm³/mol. The van der Waals surface area contributed by atoms with Crippen LogP contribution in [0, 0.1) is 0 Å². The quantitative estimate of drug-likeness (QED) is 0.725. The molecular weight excluding hydrogens is 164 g/mol. The fourth-order valence-corrected chi connectivity index (χ4v) is 0.749. The van der Waals surface area contributed by atoms with E-state index in [1.54, 1.807) is 6.07 Å². The van der Waals surface area contributed by atoms with Crippen LogP contribution in [0.1, 0.15) is 0 Å². The lowest BCUT2D eigenvalue weighted by molar-refractivity contribution is 0.163. The van der Waals surface area contributed by atoms with Gasteiger partial charge in [0.1, 0.15) is 0 Å². The van der Waals surface area contributed by atoms with Gasteiger partial charge in [-0.1, -0.05) is 0 Å². The van der Waals surface area contributed by atoms with Crippen LogP contribution in [-0.4, -0.2) is 18.0 Å². The van der Waals surface area contributed by atoms with Crippen molar-refractivity contribution in [3.05, 3.63) is 18.5 Å². The molecular formula is C7H9F2N3. The highest BCUT2D eigenvalue weighted by Gasteiger charge is 2.01. The number of nitrogens with zero attached hydrogens (tertiary/aromatic N) is 1. The third-order valence-electron chi connectivity index (χ3n) is 1.22. The van der Waals surface area contributed by atoms with Crippen LogP contribution >= 0.6 is 0 Å². The Kier molecular flexibility index (Phi) is 2.79. The van der Waals surface area contributed by atoms with Gasteiger partial charge in [-0.2, -0.15) is 0 Å². The molecule has 0 radical (unpaired) electrons. The van der Waals surface area contributed by atoms with Crippen molar-refractivity contribution in [1.29, 1.82) is 0 Å². The number of aromatic nitrogens is 1. The third-order valence-corrected chi connectivity index (χ3v) is 1.22. The van der Waals surface area contributed by atoms with Crippen molar-refractivity contribution in [2.75, 3.05) is 17.6 Å². The lowest BCUT2D eigenvalue weighted by atomic mass is 10.4. The molecule has 0 aliphatic rings. The summed E-state index contributed by atoms with van der Waals surface area (Å²) in [5.41, 5.74) is 6.34. The van der Waals surface area contributed by atoms with E-state index in [1.165, 1.54) is 12.4 Å². The zero-order valence-corrected chi connectivity index (χ0v) is 6.30. The Morgan fingerprint density at radius 3 is 2.83 bits per heavy atom. The van der Waals surface area contributed by atoms with E-state index >= 15 is 0 Å². The molecule has 1 aromatic heterocycles. The second kappa shape index (κ2) is 3.85. The van der Waals surface area contributed by atoms with E-state index in [0.717, 1.165) is 0 Å².